The number of aryl methyl sites for hydroxylation is 1. The summed E-state index contributed by atoms with van der Waals surface area (Å²) in [5.41, 5.74) is 0.360. The molecule has 0 aliphatic rings. The monoisotopic (exact) mass is 262 g/mol. The molecule has 0 spiro atoms. The van der Waals surface area contributed by atoms with Crippen LogP contribution in [0.2, 0.25) is 0 Å². The first-order valence-corrected chi connectivity index (χ1v) is 6.47. The summed E-state index contributed by atoms with van der Waals surface area (Å²) in [7, 11) is 1.63. The average Bonchev–Trinajstić information content (AvgIpc) is 2.86. The molecule has 0 aliphatic heterocycles. The molecule has 0 aromatic carbocycles. The van der Waals surface area contributed by atoms with Gasteiger partial charge in [0.2, 0.25) is 5.56 Å². The molecule has 18 heavy (non-hydrogen) atoms. The molecule has 1 atom stereocenters. The molecular formula is C13H14N2O2S. The molecule has 0 fully saturated rings. The van der Waals surface area contributed by atoms with Gasteiger partial charge in [-0.1, -0.05) is 6.07 Å². The van der Waals surface area contributed by atoms with E-state index in [0.717, 1.165) is 4.88 Å². The number of nitrogens with zero attached hydrogens (tertiary/aromatic N) is 1. The van der Waals surface area contributed by atoms with Crippen LogP contribution < -0.4 is 10.9 Å². The fourth-order valence-corrected chi connectivity index (χ4v) is 2.35. The first-order valence-electron chi connectivity index (χ1n) is 5.59. The number of thiophene rings is 1. The molecule has 0 saturated carbocycles. The minimum absolute atomic E-state index is 0.0327. The lowest BCUT2D eigenvalue weighted by atomic mass is 10.2. The second-order valence-corrected chi connectivity index (χ2v) is 5.06. The Morgan fingerprint density at radius 3 is 2.78 bits per heavy atom. The smallest absolute Gasteiger partial charge is 0.253 e. The van der Waals surface area contributed by atoms with Crippen LogP contribution in [-0.2, 0) is 7.05 Å². The number of hydrogen-bond acceptors (Lipinski definition) is 3. The van der Waals surface area contributed by atoms with Crippen LogP contribution in [0.3, 0.4) is 0 Å². The van der Waals surface area contributed by atoms with Crippen molar-refractivity contribution in [3.63, 3.8) is 0 Å². The number of hydrogen-bond donors (Lipinski definition) is 1. The third kappa shape index (κ3) is 2.68. The van der Waals surface area contributed by atoms with Gasteiger partial charge in [-0.2, -0.15) is 0 Å². The fourth-order valence-electron chi connectivity index (χ4n) is 1.62. The van der Waals surface area contributed by atoms with Gasteiger partial charge in [-0.05, 0) is 24.4 Å². The Labute approximate surface area is 109 Å². The van der Waals surface area contributed by atoms with Gasteiger partial charge in [0.05, 0.1) is 11.6 Å². The van der Waals surface area contributed by atoms with Crippen LogP contribution in [0.5, 0.6) is 0 Å². The Balaban J connectivity index is 2.12. The van der Waals surface area contributed by atoms with Crippen LogP contribution in [0, 0.1) is 0 Å². The summed E-state index contributed by atoms with van der Waals surface area (Å²) < 4.78 is 1.39. The summed E-state index contributed by atoms with van der Waals surface area (Å²) in [6.45, 7) is 1.94. The lowest BCUT2D eigenvalue weighted by Crippen LogP contribution is -2.27. The number of rotatable bonds is 3. The highest BCUT2D eigenvalue weighted by atomic mass is 32.1. The minimum atomic E-state index is -0.175. The Morgan fingerprint density at radius 1 is 1.39 bits per heavy atom. The van der Waals surface area contributed by atoms with Crippen molar-refractivity contribution in [1.82, 2.24) is 9.88 Å². The van der Waals surface area contributed by atoms with Gasteiger partial charge in [-0.3, -0.25) is 9.59 Å². The minimum Gasteiger partial charge on any atom is -0.345 e. The molecule has 0 saturated heterocycles. The van der Waals surface area contributed by atoms with E-state index in [0.29, 0.717) is 5.56 Å². The van der Waals surface area contributed by atoms with Gasteiger partial charge >= 0.3 is 0 Å². The van der Waals surface area contributed by atoms with E-state index in [9.17, 15) is 9.59 Å². The summed E-state index contributed by atoms with van der Waals surface area (Å²) in [6, 6.07) is 6.84. The number of pyridine rings is 1. The molecule has 2 rings (SSSR count). The first kappa shape index (κ1) is 12.6. The van der Waals surface area contributed by atoms with E-state index in [-0.39, 0.29) is 17.5 Å². The van der Waals surface area contributed by atoms with Crippen molar-refractivity contribution in [2.45, 2.75) is 13.0 Å². The van der Waals surface area contributed by atoms with Crippen LogP contribution in [-0.4, -0.2) is 10.5 Å². The number of amides is 1. The summed E-state index contributed by atoms with van der Waals surface area (Å²) in [5.74, 6) is -0.175. The highest BCUT2D eigenvalue weighted by molar-refractivity contribution is 7.10. The summed E-state index contributed by atoms with van der Waals surface area (Å²) in [6.07, 6.45) is 1.54. The number of nitrogens with one attached hydrogen (secondary N) is 1. The van der Waals surface area contributed by atoms with E-state index in [4.69, 9.17) is 0 Å². The van der Waals surface area contributed by atoms with Crippen LogP contribution in [0.15, 0.2) is 40.6 Å². The van der Waals surface area contributed by atoms with Crippen LogP contribution >= 0.6 is 11.3 Å². The SMILES string of the molecule is C[C@@H](NC(=O)c1ccc(=O)n(C)c1)c1cccs1. The number of aromatic nitrogens is 1. The van der Waals surface area contributed by atoms with Gasteiger partial charge in [0.1, 0.15) is 0 Å². The van der Waals surface area contributed by atoms with Crippen molar-refractivity contribution in [3.8, 4) is 0 Å². The summed E-state index contributed by atoms with van der Waals surface area (Å²) in [4.78, 5) is 24.3. The summed E-state index contributed by atoms with van der Waals surface area (Å²) in [5, 5.41) is 4.88. The summed E-state index contributed by atoms with van der Waals surface area (Å²) >= 11 is 1.60. The largest absolute Gasteiger partial charge is 0.345 e. The third-order valence-corrected chi connectivity index (χ3v) is 3.72. The van der Waals surface area contributed by atoms with E-state index >= 15 is 0 Å². The van der Waals surface area contributed by atoms with Gasteiger partial charge in [0.15, 0.2) is 0 Å². The van der Waals surface area contributed by atoms with E-state index in [1.807, 2.05) is 24.4 Å². The third-order valence-electron chi connectivity index (χ3n) is 2.67. The molecule has 4 nitrogen and oxygen atoms in total. The maximum Gasteiger partial charge on any atom is 0.253 e. The highest BCUT2D eigenvalue weighted by Crippen LogP contribution is 2.18. The molecule has 0 unspecified atom stereocenters. The van der Waals surface area contributed by atoms with Crippen molar-refractivity contribution < 1.29 is 4.79 Å². The van der Waals surface area contributed by atoms with Crippen LogP contribution in [0.4, 0.5) is 0 Å². The molecule has 0 aliphatic carbocycles. The number of carbonyl (C=O) groups excluding carboxylic acids is 1. The van der Waals surface area contributed by atoms with E-state index in [1.165, 1.54) is 10.6 Å². The zero-order valence-electron chi connectivity index (χ0n) is 10.2. The van der Waals surface area contributed by atoms with Gasteiger partial charge < -0.3 is 9.88 Å². The highest BCUT2D eigenvalue weighted by Gasteiger charge is 2.12. The standard InChI is InChI=1S/C13H14N2O2S/c1-9(11-4-3-7-18-11)14-13(17)10-5-6-12(16)15(2)8-10/h3-9H,1-2H3,(H,14,17)/t9-/m1/s1. The second-order valence-electron chi connectivity index (χ2n) is 4.08. The van der Waals surface area contributed by atoms with Crippen molar-refractivity contribution >= 4 is 17.2 Å². The van der Waals surface area contributed by atoms with Gasteiger partial charge in [0, 0.05) is 24.2 Å². The fraction of sp³-hybridized carbons (Fsp3) is 0.231. The molecule has 94 valence electrons. The molecule has 2 heterocycles. The Bertz CT molecular complexity index is 602. The second kappa shape index (κ2) is 5.18. The van der Waals surface area contributed by atoms with Crippen molar-refractivity contribution in [2.75, 3.05) is 0 Å². The van der Waals surface area contributed by atoms with Gasteiger partial charge in [0.25, 0.3) is 5.91 Å². The lowest BCUT2D eigenvalue weighted by Gasteiger charge is -2.12. The molecule has 0 bridgehead atoms. The van der Waals surface area contributed by atoms with Crippen molar-refractivity contribution in [3.05, 3.63) is 56.6 Å². The van der Waals surface area contributed by atoms with Crippen LogP contribution in [0.25, 0.3) is 0 Å². The normalized spacial score (nSPS) is 12.1. The van der Waals surface area contributed by atoms with E-state index < -0.39 is 0 Å². The predicted octanol–water partition coefficient (Wildman–Crippen LogP) is 1.94. The van der Waals surface area contributed by atoms with Crippen molar-refractivity contribution in [1.29, 1.82) is 0 Å². The molecule has 1 N–H and O–H groups in total. The molecule has 5 heteroatoms. The molecule has 2 aromatic heterocycles. The van der Waals surface area contributed by atoms with Crippen molar-refractivity contribution in [2.24, 2.45) is 7.05 Å². The van der Waals surface area contributed by atoms with E-state index in [2.05, 4.69) is 5.32 Å². The topological polar surface area (TPSA) is 51.1 Å². The quantitative estimate of drug-likeness (QED) is 0.919. The number of carbonyl (C=O) groups is 1. The Morgan fingerprint density at radius 2 is 2.17 bits per heavy atom. The zero-order valence-corrected chi connectivity index (χ0v) is 11.0. The van der Waals surface area contributed by atoms with Gasteiger partial charge in [-0.25, -0.2) is 0 Å². The zero-order chi connectivity index (χ0) is 13.1. The van der Waals surface area contributed by atoms with Gasteiger partial charge in [-0.15, -0.1) is 11.3 Å². The molecule has 2 aromatic rings. The molecule has 1 amide bonds. The first-order chi connectivity index (χ1) is 8.58. The maximum atomic E-state index is 12.0. The average molecular weight is 262 g/mol. The molecule has 0 radical (unpaired) electrons. The predicted molar refractivity (Wildman–Crippen MR) is 71.9 cm³/mol. The Hall–Kier alpha value is -1.88. The maximum absolute atomic E-state index is 12.0. The Kier molecular flexibility index (Phi) is 3.62. The molecular weight excluding hydrogens is 248 g/mol. The van der Waals surface area contributed by atoms with E-state index in [1.54, 1.807) is 30.6 Å². The lowest BCUT2D eigenvalue weighted by molar-refractivity contribution is 0.0939. The van der Waals surface area contributed by atoms with Crippen LogP contribution in [0.1, 0.15) is 28.2 Å².